The molecule has 1 aromatic carbocycles. The third kappa shape index (κ3) is 2.63. The van der Waals surface area contributed by atoms with Crippen LogP contribution in [0.4, 0.5) is 0 Å². The molecule has 1 fully saturated rings. The van der Waals surface area contributed by atoms with Gasteiger partial charge in [-0.2, -0.15) is 0 Å². The van der Waals surface area contributed by atoms with E-state index in [1.54, 1.807) is 0 Å². The molecule has 3 rings (SSSR count). The quantitative estimate of drug-likeness (QED) is 0.910. The second kappa shape index (κ2) is 5.45. The molecule has 2 aromatic rings. The van der Waals surface area contributed by atoms with E-state index in [9.17, 15) is 9.90 Å². The Morgan fingerprint density at radius 1 is 1.33 bits per heavy atom. The Bertz CT molecular complexity index is 676. The van der Waals surface area contributed by atoms with Gasteiger partial charge in [-0.05, 0) is 31.9 Å². The topological polar surface area (TPSA) is 62.2 Å². The van der Waals surface area contributed by atoms with Gasteiger partial charge in [0.2, 0.25) is 0 Å². The normalized spacial score (nSPS) is 17.0. The fraction of sp³-hybridized carbons (Fsp3) is 0.412. The molecule has 1 aliphatic rings. The summed E-state index contributed by atoms with van der Waals surface area (Å²) in [5.74, 6) is -0.118. The van der Waals surface area contributed by atoms with Gasteiger partial charge >= 0.3 is 0 Å². The molecule has 1 aromatic heterocycles. The minimum atomic E-state index is -0.449. The highest BCUT2D eigenvalue weighted by atomic mass is 16.3. The average Bonchev–Trinajstić information content (AvgIpc) is 2.95. The van der Waals surface area contributed by atoms with Crippen molar-refractivity contribution in [2.24, 2.45) is 0 Å². The van der Waals surface area contributed by atoms with Crippen LogP contribution in [0, 0.1) is 6.92 Å². The number of aryl methyl sites for hydroxylation is 1. The Hall–Kier alpha value is -1.94. The summed E-state index contributed by atoms with van der Waals surface area (Å²) in [6, 6.07) is 9.47. The van der Waals surface area contributed by atoms with Crippen LogP contribution in [-0.4, -0.2) is 28.1 Å². The number of fused-ring (bicyclic) bond motifs is 1. The van der Waals surface area contributed by atoms with Crippen molar-refractivity contribution in [2.75, 3.05) is 6.61 Å². The first-order valence-corrected chi connectivity index (χ1v) is 7.43. The Morgan fingerprint density at radius 2 is 2.05 bits per heavy atom. The van der Waals surface area contributed by atoms with Crippen molar-refractivity contribution in [1.82, 2.24) is 10.3 Å². The molecule has 0 spiro atoms. The molecule has 0 atom stereocenters. The summed E-state index contributed by atoms with van der Waals surface area (Å²) in [5.41, 5.74) is 1.84. The molecule has 4 nitrogen and oxygen atoms in total. The first-order valence-electron chi connectivity index (χ1n) is 7.43. The Morgan fingerprint density at radius 3 is 2.76 bits per heavy atom. The fourth-order valence-electron chi connectivity index (χ4n) is 3.18. The second-order valence-electron chi connectivity index (χ2n) is 5.93. The maximum absolute atomic E-state index is 12.7. The van der Waals surface area contributed by atoms with Gasteiger partial charge in [0.25, 0.3) is 5.91 Å². The number of aliphatic hydroxyl groups is 1. The van der Waals surface area contributed by atoms with Crippen LogP contribution in [0.15, 0.2) is 30.3 Å². The minimum absolute atomic E-state index is 0.000732. The van der Waals surface area contributed by atoms with Crippen molar-refractivity contribution < 1.29 is 9.90 Å². The van der Waals surface area contributed by atoms with Gasteiger partial charge < -0.3 is 10.4 Å². The molecule has 0 aliphatic heterocycles. The molecular weight excluding hydrogens is 264 g/mol. The summed E-state index contributed by atoms with van der Waals surface area (Å²) in [7, 11) is 0. The lowest BCUT2D eigenvalue weighted by atomic mass is 9.97. The number of hydrogen-bond acceptors (Lipinski definition) is 3. The lowest BCUT2D eigenvalue weighted by Crippen LogP contribution is -2.49. The highest BCUT2D eigenvalue weighted by Gasteiger charge is 2.35. The van der Waals surface area contributed by atoms with Crippen LogP contribution in [0.1, 0.15) is 41.7 Å². The van der Waals surface area contributed by atoms with Gasteiger partial charge in [0, 0.05) is 11.1 Å². The zero-order valence-electron chi connectivity index (χ0n) is 12.2. The number of nitrogens with one attached hydrogen (secondary N) is 1. The van der Waals surface area contributed by atoms with Crippen molar-refractivity contribution >= 4 is 16.8 Å². The Labute approximate surface area is 124 Å². The predicted octanol–water partition coefficient (Wildman–Crippen LogP) is 2.58. The molecule has 21 heavy (non-hydrogen) atoms. The maximum atomic E-state index is 12.7. The molecule has 1 heterocycles. The largest absolute Gasteiger partial charge is 0.394 e. The third-order valence-electron chi connectivity index (χ3n) is 4.33. The monoisotopic (exact) mass is 284 g/mol. The number of para-hydroxylation sites is 1. The van der Waals surface area contributed by atoms with E-state index in [1.165, 1.54) is 0 Å². The van der Waals surface area contributed by atoms with Crippen LogP contribution in [-0.2, 0) is 0 Å². The van der Waals surface area contributed by atoms with Gasteiger partial charge in [-0.25, -0.2) is 0 Å². The summed E-state index contributed by atoms with van der Waals surface area (Å²) in [5, 5.41) is 13.6. The lowest BCUT2D eigenvalue weighted by Gasteiger charge is -2.28. The molecule has 1 amide bonds. The number of benzene rings is 1. The maximum Gasteiger partial charge on any atom is 0.252 e. The SMILES string of the molecule is Cc1cc(C(=O)NC2(CO)CCCC2)c2ccccc2n1. The van der Waals surface area contributed by atoms with Crippen LogP contribution in [0.2, 0.25) is 0 Å². The van der Waals surface area contributed by atoms with E-state index in [4.69, 9.17) is 0 Å². The Balaban J connectivity index is 1.98. The van der Waals surface area contributed by atoms with Gasteiger partial charge in [0.05, 0.1) is 23.2 Å². The zero-order valence-corrected chi connectivity index (χ0v) is 12.2. The number of pyridine rings is 1. The smallest absolute Gasteiger partial charge is 0.252 e. The average molecular weight is 284 g/mol. The molecule has 110 valence electrons. The molecule has 0 unspecified atom stereocenters. The molecule has 1 saturated carbocycles. The van der Waals surface area contributed by atoms with Crippen molar-refractivity contribution in [2.45, 2.75) is 38.1 Å². The van der Waals surface area contributed by atoms with E-state index in [0.717, 1.165) is 42.3 Å². The summed E-state index contributed by atoms with van der Waals surface area (Å²) in [6.07, 6.45) is 3.79. The molecule has 0 radical (unpaired) electrons. The number of aliphatic hydroxyl groups excluding tert-OH is 1. The zero-order chi connectivity index (χ0) is 14.9. The van der Waals surface area contributed by atoms with Gasteiger partial charge in [0.1, 0.15) is 0 Å². The first-order chi connectivity index (χ1) is 10.1. The van der Waals surface area contributed by atoms with E-state index in [2.05, 4.69) is 10.3 Å². The van der Waals surface area contributed by atoms with E-state index in [1.807, 2.05) is 37.3 Å². The van der Waals surface area contributed by atoms with Crippen LogP contribution in [0.5, 0.6) is 0 Å². The number of rotatable bonds is 3. The standard InChI is InChI=1S/C17H20N2O2/c1-12-10-14(13-6-2-3-7-15(13)18-12)16(21)19-17(11-20)8-4-5-9-17/h2-3,6-7,10,20H,4-5,8-9,11H2,1H3,(H,19,21). The van der Waals surface area contributed by atoms with Gasteiger partial charge in [-0.3, -0.25) is 9.78 Å². The second-order valence-corrected chi connectivity index (χ2v) is 5.93. The first kappa shape index (κ1) is 14.0. The molecular formula is C17H20N2O2. The highest BCUT2D eigenvalue weighted by Crippen LogP contribution is 2.30. The lowest BCUT2D eigenvalue weighted by molar-refractivity contribution is 0.0840. The summed E-state index contributed by atoms with van der Waals surface area (Å²) < 4.78 is 0. The number of carbonyl (C=O) groups excluding carboxylic acids is 1. The van der Waals surface area contributed by atoms with Gasteiger partial charge in [-0.15, -0.1) is 0 Å². The summed E-state index contributed by atoms with van der Waals surface area (Å²) >= 11 is 0. The molecule has 4 heteroatoms. The van der Waals surface area contributed by atoms with Gasteiger partial charge in [-0.1, -0.05) is 31.0 Å². The minimum Gasteiger partial charge on any atom is -0.394 e. The number of hydrogen-bond donors (Lipinski definition) is 2. The number of nitrogens with zero attached hydrogens (tertiary/aromatic N) is 1. The molecule has 2 N–H and O–H groups in total. The van der Waals surface area contributed by atoms with Crippen molar-refractivity contribution in [3.8, 4) is 0 Å². The fourth-order valence-corrected chi connectivity index (χ4v) is 3.18. The summed E-state index contributed by atoms with van der Waals surface area (Å²) in [6.45, 7) is 1.89. The van der Waals surface area contributed by atoms with Crippen molar-refractivity contribution in [3.05, 3.63) is 41.6 Å². The molecule has 0 bridgehead atoms. The van der Waals surface area contributed by atoms with Gasteiger partial charge in [0.15, 0.2) is 0 Å². The number of amides is 1. The van der Waals surface area contributed by atoms with Crippen LogP contribution < -0.4 is 5.32 Å². The van der Waals surface area contributed by atoms with Crippen LogP contribution >= 0.6 is 0 Å². The summed E-state index contributed by atoms with van der Waals surface area (Å²) in [4.78, 5) is 17.1. The van der Waals surface area contributed by atoms with Crippen LogP contribution in [0.3, 0.4) is 0 Å². The predicted molar refractivity (Wildman–Crippen MR) is 82.2 cm³/mol. The van der Waals surface area contributed by atoms with E-state index in [-0.39, 0.29) is 12.5 Å². The third-order valence-corrected chi connectivity index (χ3v) is 4.33. The van der Waals surface area contributed by atoms with Crippen LogP contribution in [0.25, 0.3) is 10.9 Å². The number of carbonyl (C=O) groups is 1. The van der Waals surface area contributed by atoms with E-state index < -0.39 is 5.54 Å². The van der Waals surface area contributed by atoms with Crippen molar-refractivity contribution in [3.63, 3.8) is 0 Å². The van der Waals surface area contributed by atoms with E-state index >= 15 is 0 Å². The molecule has 1 aliphatic carbocycles. The van der Waals surface area contributed by atoms with E-state index in [0.29, 0.717) is 5.56 Å². The number of aromatic nitrogens is 1. The molecule has 0 saturated heterocycles. The van der Waals surface area contributed by atoms with Crippen molar-refractivity contribution in [1.29, 1.82) is 0 Å². The highest BCUT2D eigenvalue weighted by molar-refractivity contribution is 6.06. The Kier molecular flexibility index (Phi) is 3.64.